The van der Waals surface area contributed by atoms with Crippen molar-refractivity contribution in [3.8, 4) is 22.9 Å². The van der Waals surface area contributed by atoms with Gasteiger partial charge < -0.3 is 14.8 Å². The van der Waals surface area contributed by atoms with E-state index in [-0.39, 0.29) is 22.9 Å². The number of ether oxygens (including phenoxy) is 1. The fourth-order valence-electron chi connectivity index (χ4n) is 1.48. The zero-order chi connectivity index (χ0) is 11.7. The van der Waals surface area contributed by atoms with Crippen LogP contribution in [0.15, 0.2) is 18.3 Å². The Bertz CT molecular complexity index is 523. The molecule has 4 nitrogen and oxygen atoms in total. The molecule has 0 bridgehead atoms. The maximum absolute atomic E-state index is 13.6. The molecule has 0 amide bonds. The van der Waals surface area contributed by atoms with Gasteiger partial charge in [0, 0.05) is 11.9 Å². The zero-order valence-corrected chi connectivity index (χ0v) is 8.91. The van der Waals surface area contributed by atoms with Gasteiger partial charge in [0.1, 0.15) is 11.6 Å². The van der Waals surface area contributed by atoms with E-state index >= 15 is 0 Å². The molecule has 2 rings (SSSR count). The van der Waals surface area contributed by atoms with Crippen LogP contribution in [0.4, 0.5) is 4.39 Å². The van der Waals surface area contributed by atoms with Crippen LogP contribution < -0.4 is 4.74 Å². The largest absolute Gasteiger partial charge is 0.504 e. The average molecular weight is 222 g/mol. The number of aromatic nitrogens is 2. The molecule has 0 unspecified atom stereocenters. The molecule has 0 spiro atoms. The number of nitrogens with one attached hydrogen (secondary N) is 1. The first-order valence-corrected chi connectivity index (χ1v) is 4.71. The first kappa shape index (κ1) is 10.5. The number of halogens is 1. The summed E-state index contributed by atoms with van der Waals surface area (Å²) in [5, 5.41) is 9.81. The first-order chi connectivity index (χ1) is 7.63. The fourth-order valence-corrected chi connectivity index (χ4v) is 1.48. The second-order valence-corrected chi connectivity index (χ2v) is 3.39. The third-order valence-corrected chi connectivity index (χ3v) is 2.25. The van der Waals surface area contributed by atoms with Gasteiger partial charge in [-0.2, -0.15) is 0 Å². The number of aryl methyl sites for hydroxylation is 1. The molecule has 0 radical (unpaired) electrons. The van der Waals surface area contributed by atoms with Crippen molar-refractivity contribution in [2.24, 2.45) is 0 Å². The number of benzene rings is 1. The Morgan fingerprint density at radius 1 is 1.44 bits per heavy atom. The summed E-state index contributed by atoms with van der Waals surface area (Å²) in [4.78, 5) is 6.83. The highest BCUT2D eigenvalue weighted by atomic mass is 19.1. The first-order valence-electron chi connectivity index (χ1n) is 4.71. The Morgan fingerprint density at radius 3 is 2.75 bits per heavy atom. The summed E-state index contributed by atoms with van der Waals surface area (Å²) in [6.45, 7) is 1.80. The monoisotopic (exact) mass is 222 g/mol. The van der Waals surface area contributed by atoms with Crippen LogP contribution in [0.2, 0.25) is 0 Å². The fraction of sp³-hybridized carbons (Fsp3) is 0.182. The molecule has 2 N–H and O–H groups in total. The molecule has 0 saturated carbocycles. The number of H-pyrrole nitrogens is 1. The van der Waals surface area contributed by atoms with Gasteiger partial charge >= 0.3 is 0 Å². The molecule has 0 atom stereocenters. The van der Waals surface area contributed by atoms with E-state index in [0.717, 1.165) is 5.69 Å². The summed E-state index contributed by atoms with van der Waals surface area (Å²) in [6.07, 6.45) is 1.56. The van der Waals surface area contributed by atoms with Gasteiger partial charge in [0.25, 0.3) is 0 Å². The molecule has 16 heavy (non-hydrogen) atoms. The van der Waals surface area contributed by atoms with Crippen LogP contribution in [0.5, 0.6) is 11.5 Å². The van der Waals surface area contributed by atoms with Crippen LogP contribution in [-0.4, -0.2) is 22.2 Å². The van der Waals surface area contributed by atoms with E-state index in [4.69, 9.17) is 4.74 Å². The molecule has 0 aliphatic carbocycles. The summed E-state index contributed by atoms with van der Waals surface area (Å²) in [6, 6.07) is 2.59. The van der Waals surface area contributed by atoms with E-state index in [0.29, 0.717) is 0 Å². The van der Waals surface area contributed by atoms with Gasteiger partial charge in [-0.1, -0.05) is 0 Å². The lowest BCUT2D eigenvalue weighted by Gasteiger charge is -2.07. The van der Waals surface area contributed by atoms with Gasteiger partial charge in [-0.25, -0.2) is 9.37 Å². The lowest BCUT2D eigenvalue weighted by Crippen LogP contribution is -1.91. The van der Waals surface area contributed by atoms with Crippen LogP contribution in [0.3, 0.4) is 0 Å². The second-order valence-electron chi connectivity index (χ2n) is 3.39. The minimum absolute atomic E-state index is 0.0208. The lowest BCUT2D eigenvalue weighted by atomic mass is 10.1. The zero-order valence-electron chi connectivity index (χ0n) is 8.91. The summed E-state index contributed by atoms with van der Waals surface area (Å²) in [5.41, 5.74) is 0.809. The van der Waals surface area contributed by atoms with E-state index in [1.165, 1.54) is 19.2 Å². The molecule has 1 heterocycles. The number of phenolic OH excluding ortho intramolecular Hbond substituents is 1. The molecule has 0 aliphatic rings. The SMILES string of the molecule is COc1ccc(F)c(-c2ncc(C)[nH]2)c1O. The van der Waals surface area contributed by atoms with Crippen molar-refractivity contribution in [2.45, 2.75) is 6.92 Å². The van der Waals surface area contributed by atoms with Gasteiger partial charge in [-0.3, -0.25) is 0 Å². The Hall–Kier alpha value is -2.04. The van der Waals surface area contributed by atoms with Crippen LogP contribution in [0, 0.1) is 12.7 Å². The van der Waals surface area contributed by atoms with E-state index in [9.17, 15) is 9.50 Å². The van der Waals surface area contributed by atoms with E-state index in [2.05, 4.69) is 9.97 Å². The van der Waals surface area contributed by atoms with Crippen LogP contribution in [0.25, 0.3) is 11.4 Å². The van der Waals surface area contributed by atoms with Crippen LogP contribution >= 0.6 is 0 Å². The highest BCUT2D eigenvalue weighted by Gasteiger charge is 2.17. The quantitative estimate of drug-likeness (QED) is 0.819. The van der Waals surface area contributed by atoms with Crippen LogP contribution in [-0.2, 0) is 0 Å². The third kappa shape index (κ3) is 1.60. The Kier molecular flexibility index (Phi) is 2.52. The highest BCUT2D eigenvalue weighted by Crippen LogP contribution is 2.37. The number of aromatic hydroxyl groups is 1. The molecule has 1 aromatic carbocycles. The van der Waals surface area contributed by atoms with E-state index in [1.807, 2.05) is 0 Å². The van der Waals surface area contributed by atoms with Gasteiger partial charge in [0.15, 0.2) is 11.5 Å². The number of methoxy groups -OCH3 is 1. The topological polar surface area (TPSA) is 58.1 Å². The number of hydrogen-bond donors (Lipinski definition) is 2. The van der Waals surface area contributed by atoms with Gasteiger partial charge in [0.2, 0.25) is 0 Å². The van der Waals surface area contributed by atoms with Gasteiger partial charge in [-0.15, -0.1) is 0 Å². The van der Waals surface area contributed by atoms with E-state index < -0.39 is 5.82 Å². The van der Waals surface area contributed by atoms with Crippen molar-refractivity contribution in [2.75, 3.05) is 7.11 Å². The summed E-state index contributed by atoms with van der Waals surface area (Å²) in [5.74, 6) is -0.304. The third-order valence-electron chi connectivity index (χ3n) is 2.25. The number of imidazole rings is 1. The minimum Gasteiger partial charge on any atom is -0.504 e. The molecule has 84 valence electrons. The smallest absolute Gasteiger partial charge is 0.171 e. The molecule has 0 saturated heterocycles. The second kappa shape index (κ2) is 3.84. The highest BCUT2D eigenvalue weighted by molar-refractivity contribution is 5.69. The lowest BCUT2D eigenvalue weighted by molar-refractivity contribution is 0.372. The molecule has 0 aliphatic heterocycles. The molecule has 2 aromatic rings. The molecule has 5 heteroatoms. The Labute approximate surface area is 91.7 Å². The number of phenols is 1. The van der Waals surface area contributed by atoms with Crippen molar-refractivity contribution < 1.29 is 14.2 Å². The Morgan fingerprint density at radius 2 is 2.19 bits per heavy atom. The van der Waals surface area contributed by atoms with E-state index in [1.54, 1.807) is 13.1 Å². The van der Waals surface area contributed by atoms with Gasteiger partial charge in [0.05, 0.1) is 12.7 Å². The molecular weight excluding hydrogens is 211 g/mol. The van der Waals surface area contributed by atoms with Crippen molar-refractivity contribution >= 4 is 0 Å². The summed E-state index contributed by atoms with van der Waals surface area (Å²) >= 11 is 0. The average Bonchev–Trinajstić information content (AvgIpc) is 2.65. The molecule has 0 fully saturated rings. The van der Waals surface area contributed by atoms with Crippen molar-refractivity contribution in [3.63, 3.8) is 0 Å². The Balaban J connectivity index is 2.63. The van der Waals surface area contributed by atoms with Crippen molar-refractivity contribution in [1.82, 2.24) is 9.97 Å². The predicted molar refractivity (Wildman–Crippen MR) is 56.9 cm³/mol. The molecular formula is C11H11FN2O2. The predicted octanol–water partition coefficient (Wildman–Crippen LogP) is 2.24. The number of nitrogens with zero attached hydrogens (tertiary/aromatic N) is 1. The number of hydrogen-bond acceptors (Lipinski definition) is 3. The van der Waals surface area contributed by atoms with Crippen molar-refractivity contribution in [3.05, 3.63) is 29.8 Å². The maximum Gasteiger partial charge on any atom is 0.171 e. The minimum atomic E-state index is -0.548. The van der Waals surface area contributed by atoms with Gasteiger partial charge in [-0.05, 0) is 19.1 Å². The number of aromatic amines is 1. The summed E-state index contributed by atoms with van der Waals surface area (Å²) in [7, 11) is 1.41. The maximum atomic E-state index is 13.6. The normalized spacial score (nSPS) is 10.4. The number of rotatable bonds is 2. The van der Waals surface area contributed by atoms with Crippen LogP contribution in [0.1, 0.15) is 5.69 Å². The molecule has 1 aromatic heterocycles. The standard InChI is InChI=1S/C11H11FN2O2/c1-6-5-13-11(14-6)9-7(12)3-4-8(16-2)10(9)15/h3-5,15H,1-2H3,(H,13,14). The van der Waals surface area contributed by atoms with Crippen molar-refractivity contribution in [1.29, 1.82) is 0 Å². The summed E-state index contributed by atoms with van der Waals surface area (Å²) < 4.78 is 18.5.